The van der Waals surface area contributed by atoms with E-state index < -0.39 is 0 Å². The number of piperidine rings is 1. The maximum Gasteiger partial charge on any atom is 0.224 e. The molecule has 2 aliphatic rings. The number of hydrogen-bond acceptors (Lipinski definition) is 3. The van der Waals surface area contributed by atoms with Crippen molar-refractivity contribution in [1.82, 2.24) is 19.8 Å². The summed E-state index contributed by atoms with van der Waals surface area (Å²) in [6.45, 7) is 5.99. The maximum absolute atomic E-state index is 13.0. The van der Waals surface area contributed by atoms with Gasteiger partial charge in [-0.05, 0) is 69.0 Å². The van der Waals surface area contributed by atoms with E-state index in [1.165, 1.54) is 22.0 Å². The van der Waals surface area contributed by atoms with Crippen molar-refractivity contribution in [1.29, 1.82) is 0 Å². The zero-order valence-electron chi connectivity index (χ0n) is 18.7. The fraction of sp³-hybridized carbons (Fsp3) is 0.462. The van der Waals surface area contributed by atoms with Gasteiger partial charge in [-0.15, -0.1) is 0 Å². The quantitative estimate of drug-likeness (QED) is 0.686. The molecule has 3 aromatic rings. The molecule has 3 atom stereocenters. The van der Waals surface area contributed by atoms with Crippen LogP contribution < -0.4 is 5.32 Å². The highest BCUT2D eigenvalue weighted by molar-refractivity contribution is 5.89. The van der Waals surface area contributed by atoms with Crippen LogP contribution in [0.4, 0.5) is 0 Å². The summed E-state index contributed by atoms with van der Waals surface area (Å²) >= 11 is 0. The average Bonchev–Trinajstić information content (AvgIpc) is 3.15. The summed E-state index contributed by atoms with van der Waals surface area (Å²) in [6, 6.07) is 11.7. The summed E-state index contributed by atoms with van der Waals surface area (Å²) in [5, 5.41) is 4.62. The molecule has 0 radical (unpaired) electrons. The summed E-state index contributed by atoms with van der Waals surface area (Å²) in [4.78, 5) is 19.6. The molecule has 0 unspecified atom stereocenters. The molecule has 5 rings (SSSR count). The van der Waals surface area contributed by atoms with Gasteiger partial charge in [0.15, 0.2) is 0 Å². The molecule has 3 heterocycles. The second-order valence-corrected chi connectivity index (χ2v) is 9.55. The van der Waals surface area contributed by atoms with E-state index >= 15 is 0 Å². The van der Waals surface area contributed by atoms with E-state index in [1.807, 2.05) is 12.3 Å². The number of benzene rings is 1. The minimum absolute atomic E-state index is 0.0316. The third-order valence-corrected chi connectivity index (χ3v) is 7.24. The lowest BCUT2D eigenvalue weighted by Crippen LogP contribution is -2.51. The first-order valence-electron chi connectivity index (χ1n) is 11.5. The Bertz CT molecular complexity index is 1090. The van der Waals surface area contributed by atoms with Crippen LogP contribution in [0.2, 0.25) is 0 Å². The first-order chi connectivity index (χ1) is 15.0. The van der Waals surface area contributed by atoms with Gasteiger partial charge < -0.3 is 14.8 Å². The zero-order chi connectivity index (χ0) is 21.5. The predicted molar refractivity (Wildman–Crippen MR) is 124 cm³/mol. The highest BCUT2D eigenvalue weighted by Gasteiger charge is 2.41. The van der Waals surface area contributed by atoms with Gasteiger partial charge in [0.05, 0.1) is 5.92 Å². The number of carbonyl (C=O) groups excluding carboxylic acids is 1. The summed E-state index contributed by atoms with van der Waals surface area (Å²) in [5.41, 5.74) is 5.39. The van der Waals surface area contributed by atoms with Crippen LogP contribution in [-0.4, -0.2) is 46.5 Å². The van der Waals surface area contributed by atoms with E-state index in [1.54, 1.807) is 6.20 Å². The summed E-state index contributed by atoms with van der Waals surface area (Å²) in [5.74, 6) is 0.628. The highest BCUT2D eigenvalue weighted by Crippen LogP contribution is 2.45. The lowest BCUT2D eigenvalue weighted by atomic mass is 9.72. The number of likely N-dealkylation sites (tertiary alicyclic amines) is 1. The molecule has 0 bridgehead atoms. The van der Waals surface area contributed by atoms with Gasteiger partial charge in [-0.1, -0.05) is 18.2 Å². The standard InChI is InChI=1S/C26H32N4O/c1-17(2)30-16-19-13-24-22(21-7-4-8-23(30)25(19)21)12-20(15-29(24)3)26(31)28-11-9-18-6-5-10-27-14-18/h4-8,10,14,16-17,20,22,24H,9,11-13,15H2,1-3H3,(H,28,31)/t20-,22-,24-/m1/s1. The van der Waals surface area contributed by atoms with Crippen molar-refractivity contribution in [3.8, 4) is 0 Å². The topological polar surface area (TPSA) is 50.2 Å². The Balaban J connectivity index is 1.35. The van der Waals surface area contributed by atoms with Crippen molar-refractivity contribution < 1.29 is 4.79 Å². The number of pyridine rings is 1. The molecule has 1 saturated heterocycles. The van der Waals surface area contributed by atoms with Crippen molar-refractivity contribution in [2.24, 2.45) is 5.92 Å². The molecule has 1 aliphatic heterocycles. The molecule has 1 fully saturated rings. The minimum Gasteiger partial charge on any atom is -0.355 e. The molecular formula is C26H32N4O. The normalized spacial score (nSPS) is 23.2. The van der Waals surface area contributed by atoms with Crippen molar-refractivity contribution in [3.05, 3.63) is 65.6 Å². The van der Waals surface area contributed by atoms with E-state index in [9.17, 15) is 4.79 Å². The summed E-state index contributed by atoms with van der Waals surface area (Å²) in [7, 11) is 2.19. The van der Waals surface area contributed by atoms with Crippen molar-refractivity contribution in [2.45, 2.75) is 51.1 Å². The van der Waals surface area contributed by atoms with Crippen molar-refractivity contribution >= 4 is 16.8 Å². The molecule has 1 N–H and O–H groups in total. The molecule has 2 aromatic heterocycles. The van der Waals surface area contributed by atoms with Crippen LogP contribution in [0.3, 0.4) is 0 Å². The first kappa shape index (κ1) is 20.3. The fourth-order valence-electron chi connectivity index (χ4n) is 5.71. The van der Waals surface area contributed by atoms with Crippen molar-refractivity contribution in [2.75, 3.05) is 20.1 Å². The van der Waals surface area contributed by atoms with Gasteiger partial charge >= 0.3 is 0 Å². The number of hydrogen-bond donors (Lipinski definition) is 1. The van der Waals surface area contributed by atoms with Gasteiger partial charge in [-0.25, -0.2) is 0 Å². The van der Waals surface area contributed by atoms with Gasteiger partial charge in [-0.3, -0.25) is 9.78 Å². The maximum atomic E-state index is 13.0. The van der Waals surface area contributed by atoms with E-state index in [4.69, 9.17) is 0 Å². The Kier molecular flexibility index (Phi) is 5.30. The smallest absolute Gasteiger partial charge is 0.224 e. The third-order valence-electron chi connectivity index (χ3n) is 7.24. The summed E-state index contributed by atoms with van der Waals surface area (Å²) < 4.78 is 2.41. The largest absolute Gasteiger partial charge is 0.355 e. The lowest BCUT2D eigenvalue weighted by Gasteiger charge is -2.45. The number of rotatable bonds is 5. The molecule has 5 nitrogen and oxygen atoms in total. The molecule has 1 aromatic carbocycles. The van der Waals surface area contributed by atoms with Crippen LogP contribution in [0.15, 0.2) is 48.9 Å². The molecular weight excluding hydrogens is 384 g/mol. The van der Waals surface area contributed by atoms with Gasteiger partial charge in [-0.2, -0.15) is 0 Å². The van der Waals surface area contributed by atoms with Crippen LogP contribution in [0.1, 0.15) is 48.9 Å². The summed E-state index contributed by atoms with van der Waals surface area (Å²) in [6.07, 6.45) is 8.83. The number of nitrogens with zero attached hydrogens (tertiary/aromatic N) is 3. The predicted octanol–water partition coefficient (Wildman–Crippen LogP) is 3.94. The van der Waals surface area contributed by atoms with Crippen LogP contribution in [0.25, 0.3) is 10.9 Å². The SMILES string of the molecule is CC(C)n1cc2c3c(cccc31)[C@H]1C[C@@H](C(=O)NCCc3cccnc3)CN(C)[C@@H]1C2. The van der Waals surface area contributed by atoms with Crippen LogP contribution in [-0.2, 0) is 17.6 Å². The Labute approximate surface area is 184 Å². The fourth-order valence-corrected chi connectivity index (χ4v) is 5.71. The molecule has 31 heavy (non-hydrogen) atoms. The minimum atomic E-state index is 0.0316. The first-order valence-corrected chi connectivity index (χ1v) is 11.5. The number of likely N-dealkylation sites (N-methyl/N-ethyl adjacent to an activating group) is 1. The van der Waals surface area contributed by atoms with Gasteiger partial charge in [0.1, 0.15) is 0 Å². The Hall–Kier alpha value is -2.66. The van der Waals surface area contributed by atoms with E-state index in [2.05, 4.69) is 71.1 Å². The monoisotopic (exact) mass is 416 g/mol. The highest BCUT2D eigenvalue weighted by atomic mass is 16.1. The molecule has 1 aliphatic carbocycles. The molecule has 0 spiro atoms. The van der Waals surface area contributed by atoms with Crippen LogP contribution in [0.5, 0.6) is 0 Å². The van der Waals surface area contributed by atoms with Crippen molar-refractivity contribution in [3.63, 3.8) is 0 Å². The molecule has 1 amide bonds. The molecule has 0 saturated carbocycles. The second-order valence-electron chi connectivity index (χ2n) is 9.55. The Morgan fingerprint density at radius 3 is 2.90 bits per heavy atom. The number of amides is 1. The number of fused-ring (bicyclic) bond motifs is 2. The van der Waals surface area contributed by atoms with Gasteiger partial charge in [0.25, 0.3) is 0 Å². The van der Waals surface area contributed by atoms with E-state index in [0.29, 0.717) is 24.5 Å². The zero-order valence-corrected chi connectivity index (χ0v) is 18.7. The van der Waals surface area contributed by atoms with Gasteiger partial charge in [0, 0.05) is 60.6 Å². The average molecular weight is 417 g/mol. The Morgan fingerprint density at radius 2 is 2.13 bits per heavy atom. The Morgan fingerprint density at radius 1 is 1.26 bits per heavy atom. The number of nitrogens with one attached hydrogen (secondary N) is 1. The van der Waals surface area contributed by atoms with E-state index in [-0.39, 0.29) is 11.8 Å². The number of aromatic nitrogens is 2. The number of carbonyl (C=O) groups is 1. The molecule has 5 heteroatoms. The van der Waals surface area contributed by atoms with Crippen LogP contribution in [0, 0.1) is 5.92 Å². The van der Waals surface area contributed by atoms with Crippen LogP contribution >= 0.6 is 0 Å². The van der Waals surface area contributed by atoms with Gasteiger partial charge in [0.2, 0.25) is 5.91 Å². The molecule has 162 valence electrons. The lowest BCUT2D eigenvalue weighted by molar-refractivity contribution is -0.127. The second kappa shape index (κ2) is 8.12. The van der Waals surface area contributed by atoms with E-state index in [0.717, 1.165) is 31.4 Å². The third kappa shape index (κ3) is 3.65.